The van der Waals surface area contributed by atoms with E-state index >= 15 is 0 Å². The Morgan fingerprint density at radius 2 is 2.25 bits per heavy atom. The maximum atomic E-state index is 9.67. The maximum Gasteiger partial charge on any atom is 0.233 e. The molecule has 8 heavy (non-hydrogen) atoms. The van der Waals surface area contributed by atoms with Crippen molar-refractivity contribution in [2.75, 3.05) is 0 Å². The van der Waals surface area contributed by atoms with Crippen LogP contribution in [-0.4, -0.2) is 12.1 Å². The van der Waals surface area contributed by atoms with Gasteiger partial charge in [-0.05, 0) is 19.9 Å². The molecule has 44 valence electrons. The lowest BCUT2D eigenvalue weighted by atomic mass is 10.4. The number of carbonyl (C=O) groups excluding carboxylic acids is 1. The zero-order valence-electron chi connectivity index (χ0n) is 5.09. The van der Waals surface area contributed by atoms with Crippen LogP contribution >= 0.6 is 0 Å². The van der Waals surface area contributed by atoms with Crippen LogP contribution in [0.25, 0.3) is 0 Å². The molecule has 0 atom stereocenters. The molecule has 0 saturated carbocycles. The molecule has 0 saturated heterocycles. The summed E-state index contributed by atoms with van der Waals surface area (Å²) in [5.74, 6) is 0. The van der Waals surface area contributed by atoms with Crippen LogP contribution in [0.4, 0.5) is 0 Å². The maximum absolute atomic E-state index is 9.67. The SMILES string of the molecule is C/C=C\C(C)=NC=O. The first-order valence-corrected chi connectivity index (χ1v) is 2.42. The van der Waals surface area contributed by atoms with E-state index in [1.54, 1.807) is 13.0 Å². The van der Waals surface area contributed by atoms with Gasteiger partial charge in [-0.15, -0.1) is 0 Å². The Morgan fingerprint density at radius 1 is 1.62 bits per heavy atom. The highest BCUT2D eigenvalue weighted by molar-refractivity contribution is 5.96. The third-order valence-electron chi connectivity index (χ3n) is 0.664. The van der Waals surface area contributed by atoms with Crippen LogP contribution in [0.15, 0.2) is 17.1 Å². The van der Waals surface area contributed by atoms with E-state index in [-0.39, 0.29) is 0 Å². The van der Waals surface area contributed by atoms with Gasteiger partial charge >= 0.3 is 0 Å². The second-order valence-electron chi connectivity index (χ2n) is 1.38. The molecular formula is C6H9NO. The second-order valence-corrected chi connectivity index (χ2v) is 1.38. The van der Waals surface area contributed by atoms with E-state index in [4.69, 9.17) is 0 Å². The number of hydrogen-bond acceptors (Lipinski definition) is 1. The largest absolute Gasteiger partial charge is 0.276 e. The Hall–Kier alpha value is -0.920. The van der Waals surface area contributed by atoms with E-state index in [1.165, 1.54) is 0 Å². The zero-order chi connectivity index (χ0) is 6.41. The molecule has 0 heterocycles. The molecule has 0 aromatic heterocycles. The lowest BCUT2D eigenvalue weighted by Gasteiger charge is -1.79. The Morgan fingerprint density at radius 3 is 2.62 bits per heavy atom. The number of aliphatic imine (C=N–C) groups is 1. The molecule has 0 aliphatic heterocycles. The van der Waals surface area contributed by atoms with Gasteiger partial charge in [0.05, 0.1) is 0 Å². The molecule has 0 aromatic rings. The van der Waals surface area contributed by atoms with Crippen LogP contribution in [0.1, 0.15) is 13.8 Å². The van der Waals surface area contributed by atoms with Crippen LogP contribution in [0.2, 0.25) is 0 Å². The number of rotatable bonds is 2. The lowest BCUT2D eigenvalue weighted by molar-refractivity contribution is -0.106. The van der Waals surface area contributed by atoms with Crippen molar-refractivity contribution in [3.05, 3.63) is 12.2 Å². The van der Waals surface area contributed by atoms with Crippen molar-refractivity contribution in [1.82, 2.24) is 0 Å². The number of nitrogens with zero attached hydrogens (tertiary/aromatic N) is 1. The van der Waals surface area contributed by atoms with Gasteiger partial charge in [-0.25, -0.2) is 4.99 Å². The second kappa shape index (κ2) is 4.24. The molecule has 0 fully saturated rings. The fraction of sp³-hybridized carbons (Fsp3) is 0.333. The Kier molecular flexibility index (Phi) is 3.76. The van der Waals surface area contributed by atoms with Gasteiger partial charge in [-0.3, -0.25) is 4.79 Å². The van der Waals surface area contributed by atoms with Crippen molar-refractivity contribution in [3.8, 4) is 0 Å². The molecule has 0 unspecified atom stereocenters. The van der Waals surface area contributed by atoms with Crippen LogP contribution in [0.3, 0.4) is 0 Å². The minimum absolute atomic E-state index is 0.537. The summed E-state index contributed by atoms with van der Waals surface area (Å²) in [4.78, 5) is 13.1. The smallest absolute Gasteiger partial charge is 0.233 e. The van der Waals surface area contributed by atoms with Gasteiger partial charge < -0.3 is 0 Å². The highest BCUT2D eigenvalue weighted by Gasteiger charge is 1.75. The number of hydrogen-bond donors (Lipinski definition) is 0. The number of allylic oxidation sites excluding steroid dienone is 2. The minimum Gasteiger partial charge on any atom is -0.276 e. The molecule has 0 N–H and O–H groups in total. The number of amides is 1. The molecule has 1 amide bonds. The Bertz CT molecular complexity index is 124. The normalized spacial score (nSPS) is 12.5. The van der Waals surface area contributed by atoms with Gasteiger partial charge in [0.2, 0.25) is 6.41 Å². The zero-order valence-corrected chi connectivity index (χ0v) is 5.09. The minimum atomic E-state index is 0.537. The average molecular weight is 111 g/mol. The summed E-state index contributed by atoms with van der Waals surface area (Å²) in [7, 11) is 0. The first-order chi connectivity index (χ1) is 3.81. The molecule has 0 bridgehead atoms. The lowest BCUT2D eigenvalue weighted by Crippen LogP contribution is -1.82. The molecule has 0 aliphatic carbocycles. The molecule has 0 radical (unpaired) electrons. The fourth-order valence-corrected chi connectivity index (χ4v) is 0.367. The summed E-state index contributed by atoms with van der Waals surface area (Å²) in [5, 5.41) is 0. The quantitative estimate of drug-likeness (QED) is 0.388. The van der Waals surface area contributed by atoms with Crippen molar-refractivity contribution >= 4 is 12.1 Å². The standard InChI is InChI=1S/C6H9NO/c1-3-4-6(2)7-5-8/h3-5H,1-2H3/b4-3-,7-6?. The third-order valence-corrected chi connectivity index (χ3v) is 0.664. The van der Waals surface area contributed by atoms with E-state index in [2.05, 4.69) is 4.99 Å². The monoisotopic (exact) mass is 111 g/mol. The van der Waals surface area contributed by atoms with Gasteiger partial charge in [0, 0.05) is 5.71 Å². The molecule has 0 spiro atoms. The summed E-state index contributed by atoms with van der Waals surface area (Å²) < 4.78 is 0. The van der Waals surface area contributed by atoms with Gasteiger partial charge in [0.15, 0.2) is 0 Å². The van der Waals surface area contributed by atoms with Crippen molar-refractivity contribution in [1.29, 1.82) is 0 Å². The Labute approximate surface area is 48.9 Å². The third kappa shape index (κ3) is 3.28. The van der Waals surface area contributed by atoms with E-state index in [0.29, 0.717) is 6.41 Å². The molecule has 2 nitrogen and oxygen atoms in total. The highest BCUT2D eigenvalue weighted by atomic mass is 16.1. The summed E-state index contributed by atoms with van der Waals surface area (Å²) in [6.45, 7) is 3.65. The summed E-state index contributed by atoms with van der Waals surface area (Å²) in [6.07, 6.45) is 4.14. The number of carbonyl (C=O) groups is 1. The molecule has 0 aliphatic rings. The van der Waals surface area contributed by atoms with Crippen LogP contribution < -0.4 is 0 Å². The molecular weight excluding hydrogens is 102 g/mol. The predicted molar refractivity (Wildman–Crippen MR) is 34.0 cm³/mol. The first-order valence-electron chi connectivity index (χ1n) is 2.42. The van der Waals surface area contributed by atoms with E-state index in [0.717, 1.165) is 5.71 Å². The van der Waals surface area contributed by atoms with E-state index in [1.807, 2.05) is 13.0 Å². The highest BCUT2D eigenvalue weighted by Crippen LogP contribution is 1.76. The van der Waals surface area contributed by atoms with Crippen LogP contribution in [-0.2, 0) is 4.79 Å². The van der Waals surface area contributed by atoms with Crippen LogP contribution in [0.5, 0.6) is 0 Å². The average Bonchev–Trinajstić information content (AvgIpc) is 1.68. The molecule has 2 heteroatoms. The fourth-order valence-electron chi connectivity index (χ4n) is 0.367. The topological polar surface area (TPSA) is 29.4 Å². The predicted octanol–water partition coefficient (Wildman–Crippen LogP) is 1.18. The first kappa shape index (κ1) is 7.08. The van der Waals surface area contributed by atoms with Crippen molar-refractivity contribution < 1.29 is 4.79 Å². The van der Waals surface area contributed by atoms with Gasteiger partial charge in [0.1, 0.15) is 0 Å². The molecule has 0 rings (SSSR count). The van der Waals surface area contributed by atoms with Gasteiger partial charge in [0.25, 0.3) is 0 Å². The van der Waals surface area contributed by atoms with Gasteiger partial charge in [-0.1, -0.05) is 6.08 Å². The Balaban J connectivity index is 3.79. The van der Waals surface area contributed by atoms with Crippen molar-refractivity contribution in [3.63, 3.8) is 0 Å². The summed E-state index contributed by atoms with van der Waals surface area (Å²) >= 11 is 0. The van der Waals surface area contributed by atoms with Crippen LogP contribution in [0, 0.1) is 0 Å². The van der Waals surface area contributed by atoms with E-state index < -0.39 is 0 Å². The van der Waals surface area contributed by atoms with Crippen molar-refractivity contribution in [2.45, 2.75) is 13.8 Å². The van der Waals surface area contributed by atoms with Crippen molar-refractivity contribution in [2.24, 2.45) is 4.99 Å². The summed E-state index contributed by atoms with van der Waals surface area (Å²) in [5.41, 5.74) is 0.738. The molecule has 0 aromatic carbocycles. The van der Waals surface area contributed by atoms with E-state index in [9.17, 15) is 4.79 Å². The van der Waals surface area contributed by atoms with Gasteiger partial charge in [-0.2, -0.15) is 0 Å². The summed E-state index contributed by atoms with van der Waals surface area (Å²) in [6, 6.07) is 0.